The molecule has 10 nitrogen and oxygen atoms in total. The van der Waals surface area contributed by atoms with Gasteiger partial charge in [-0.3, -0.25) is 14.3 Å². The lowest BCUT2D eigenvalue weighted by molar-refractivity contribution is -0.141. The van der Waals surface area contributed by atoms with Crippen molar-refractivity contribution in [3.05, 3.63) is 110 Å². The van der Waals surface area contributed by atoms with Crippen molar-refractivity contribution in [2.24, 2.45) is 4.99 Å². The number of ether oxygens (including phenoxy) is 2. The number of nitrogens with zero attached hydrogens (tertiary/aromatic N) is 4. The molecule has 0 spiro atoms. The first kappa shape index (κ1) is 26.6. The second kappa shape index (κ2) is 11.7. The maximum absolute atomic E-state index is 13.8. The number of H-pyrrole nitrogens is 1. The molecule has 196 valence electrons. The first-order valence-electron chi connectivity index (χ1n) is 11.4. The first-order valence-corrected chi connectivity index (χ1v) is 11.8. The van der Waals surface area contributed by atoms with Crippen LogP contribution in [0.15, 0.2) is 81.4 Å². The average molecular weight is 540 g/mol. The molecule has 0 amide bonds. The summed E-state index contributed by atoms with van der Waals surface area (Å²) in [6.07, 6.45) is 1.24. The standard InChI is InChI=1S/C26H23ClFN5O5/c1-16(14-22(34)37-2)33-25(35)31-24(32(26(33)36)15-17-5-7-18(27)8-6-17)30-19-9-11-20(12-10-19)38-23-21(28)4-3-13-29-23/h3-13,16H,14-15H2,1-2H3,(H,30,31,35)/t16-/m1/s1. The molecule has 0 aliphatic rings. The number of pyridine rings is 1. The molecule has 0 radical (unpaired) electrons. The third kappa shape index (κ3) is 6.24. The second-order valence-electron chi connectivity index (χ2n) is 8.25. The van der Waals surface area contributed by atoms with Gasteiger partial charge in [-0.25, -0.2) is 28.5 Å². The zero-order valence-corrected chi connectivity index (χ0v) is 21.2. The summed E-state index contributed by atoms with van der Waals surface area (Å²) in [5, 5.41) is 0.530. The Morgan fingerprint density at radius 2 is 1.84 bits per heavy atom. The van der Waals surface area contributed by atoms with Crippen molar-refractivity contribution in [3.8, 4) is 11.6 Å². The summed E-state index contributed by atoms with van der Waals surface area (Å²) in [5.41, 5.74) is -0.291. The van der Waals surface area contributed by atoms with E-state index in [4.69, 9.17) is 16.3 Å². The quantitative estimate of drug-likeness (QED) is 0.341. The topological polar surface area (TPSA) is 121 Å². The minimum absolute atomic E-state index is 0.0130. The maximum atomic E-state index is 13.8. The fourth-order valence-corrected chi connectivity index (χ4v) is 3.73. The molecule has 4 aromatic rings. The highest BCUT2D eigenvalue weighted by molar-refractivity contribution is 6.30. The fourth-order valence-electron chi connectivity index (χ4n) is 3.61. The van der Waals surface area contributed by atoms with Gasteiger partial charge in [-0.2, -0.15) is 0 Å². The summed E-state index contributed by atoms with van der Waals surface area (Å²) in [5.74, 6) is -1.03. The van der Waals surface area contributed by atoms with E-state index >= 15 is 0 Å². The molecule has 0 aliphatic carbocycles. The van der Waals surface area contributed by atoms with Crippen LogP contribution in [0.5, 0.6) is 11.6 Å². The summed E-state index contributed by atoms with van der Waals surface area (Å²) >= 11 is 5.99. The Labute approximate surface area is 220 Å². The number of nitrogens with one attached hydrogen (secondary N) is 1. The summed E-state index contributed by atoms with van der Waals surface area (Å²) in [7, 11) is 1.23. The largest absolute Gasteiger partial charge is 0.469 e. The molecule has 0 bridgehead atoms. The van der Waals surface area contributed by atoms with Gasteiger partial charge in [0.15, 0.2) is 5.82 Å². The van der Waals surface area contributed by atoms with Crippen LogP contribution in [0.3, 0.4) is 0 Å². The van der Waals surface area contributed by atoms with Crippen molar-refractivity contribution in [1.29, 1.82) is 0 Å². The highest BCUT2D eigenvalue weighted by Gasteiger charge is 2.18. The summed E-state index contributed by atoms with van der Waals surface area (Å²) in [6.45, 7) is 1.64. The summed E-state index contributed by atoms with van der Waals surface area (Å²) in [4.78, 5) is 49.1. The maximum Gasteiger partial charge on any atom is 0.335 e. The molecule has 1 atom stereocenters. The number of aromatic nitrogens is 4. The van der Waals surface area contributed by atoms with E-state index < -0.39 is 29.2 Å². The van der Waals surface area contributed by atoms with Crippen molar-refractivity contribution in [2.45, 2.75) is 25.9 Å². The van der Waals surface area contributed by atoms with E-state index in [0.29, 0.717) is 16.5 Å². The SMILES string of the molecule is COC(=O)C[C@@H](C)n1c(=O)[nH]/c(=N\c2ccc(Oc3ncccc3F)cc2)n(Cc2ccc(Cl)cc2)c1=O. The molecule has 0 unspecified atom stereocenters. The lowest BCUT2D eigenvalue weighted by Gasteiger charge is -2.15. The molecule has 12 heteroatoms. The Bertz CT molecular complexity index is 1630. The van der Waals surface area contributed by atoms with Crippen LogP contribution in [0, 0.1) is 5.82 Å². The minimum Gasteiger partial charge on any atom is -0.469 e. The van der Waals surface area contributed by atoms with Crippen LogP contribution in [0.1, 0.15) is 24.9 Å². The van der Waals surface area contributed by atoms with E-state index in [2.05, 4.69) is 19.7 Å². The van der Waals surface area contributed by atoms with Gasteiger partial charge in [-0.1, -0.05) is 23.7 Å². The fraction of sp³-hybridized carbons (Fsp3) is 0.192. The molecular weight excluding hydrogens is 517 g/mol. The Kier molecular flexibility index (Phi) is 8.17. The van der Waals surface area contributed by atoms with E-state index in [1.54, 1.807) is 55.5 Å². The monoisotopic (exact) mass is 539 g/mol. The number of esters is 1. The highest BCUT2D eigenvalue weighted by atomic mass is 35.5. The third-order valence-electron chi connectivity index (χ3n) is 5.53. The number of hydrogen-bond donors (Lipinski definition) is 1. The Hall–Kier alpha value is -4.51. The van der Waals surface area contributed by atoms with Gasteiger partial charge in [0, 0.05) is 11.2 Å². The smallest absolute Gasteiger partial charge is 0.335 e. The van der Waals surface area contributed by atoms with Crippen LogP contribution in [0.4, 0.5) is 10.1 Å². The van der Waals surface area contributed by atoms with Crippen LogP contribution in [-0.2, 0) is 16.1 Å². The van der Waals surface area contributed by atoms with Gasteiger partial charge in [-0.15, -0.1) is 0 Å². The van der Waals surface area contributed by atoms with Crippen molar-refractivity contribution < 1.29 is 18.7 Å². The number of halogens is 2. The van der Waals surface area contributed by atoms with Gasteiger partial charge in [0.1, 0.15) is 5.75 Å². The Morgan fingerprint density at radius 1 is 1.13 bits per heavy atom. The van der Waals surface area contributed by atoms with Crippen LogP contribution < -0.4 is 21.7 Å². The number of methoxy groups -OCH3 is 1. The molecule has 0 saturated heterocycles. The number of aromatic amines is 1. The third-order valence-corrected chi connectivity index (χ3v) is 5.78. The predicted octanol–water partition coefficient (Wildman–Crippen LogP) is 3.72. The van der Waals surface area contributed by atoms with Gasteiger partial charge >= 0.3 is 17.3 Å². The molecule has 1 N–H and O–H groups in total. The normalized spacial score (nSPS) is 12.3. The number of rotatable bonds is 8. The Balaban J connectivity index is 1.75. The highest BCUT2D eigenvalue weighted by Crippen LogP contribution is 2.24. The van der Waals surface area contributed by atoms with Crippen molar-refractivity contribution in [3.63, 3.8) is 0 Å². The molecule has 0 saturated carbocycles. The van der Waals surface area contributed by atoms with E-state index in [9.17, 15) is 18.8 Å². The zero-order chi connectivity index (χ0) is 27.2. The van der Waals surface area contributed by atoms with Crippen molar-refractivity contribution in [1.82, 2.24) is 19.1 Å². The van der Waals surface area contributed by atoms with Crippen LogP contribution in [-0.4, -0.2) is 32.2 Å². The number of carbonyl (C=O) groups is 1. The molecular formula is C26H23ClFN5O5. The average Bonchev–Trinajstić information content (AvgIpc) is 2.89. The van der Waals surface area contributed by atoms with E-state index in [-0.39, 0.29) is 24.5 Å². The Morgan fingerprint density at radius 3 is 2.50 bits per heavy atom. The summed E-state index contributed by atoms with van der Waals surface area (Å²) in [6, 6.07) is 15.0. The number of benzene rings is 2. The van der Waals surface area contributed by atoms with Crippen molar-refractivity contribution >= 4 is 23.3 Å². The van der Waals surface area contributed by atoms with Crippen LogP contribution in [0.2, 0.25) is 5.02 Å². The molecule has 38 heavy (non-hydrogen) atoms. The van der Waals surface area contributed by atoms with E-state index in [1.165, 1.54) is 30.0 Å². The minimum atomic E-state index is -0.771. The number of carbonyl (C=O) groups excluding carboxylic acids is 1. The van der Waals surface area contributed by atoms with Gasteiger partial charge in [-0.05, 0) is 61.0 Å². The first-order chi connectivity index (χ1) is 18.2. The lowest BCUT2D eigenvalue weighted by atomic mass is 10.2. The lowest BCUT2D eigenvalue weighted by Crippen LogP contribution is -2.51. The zero-order valence-electron chi connectivity index (χ0n) is 20.4. The number of hydrogen-bond acceptors (Lipinski definition) is 7. The molecule has 4 rings (SSSR count). The molecule has 2 aromatic heterocycles. The van der Waals surface area contributed by atoms with E-state index in [1.807, 2.05) is 0 Å². The molecule has 2 aromatic carbocycles. The summed E-state index contributed by atoms with van der Waals surface area (Å²) < 4.78 is 26.2. The predicted molar refractivity (Wildman–Crippen MR) is 137 cm³/mol. The van der Waals surface area contributed by atoms with Gasteiger partial charge in [0.2, 0.25) is 5.62 Å². The van der Waals surface area contributed by atoms with Crippen LogP contribution in [0.25, 0.3) is 0 Å². The molecule has 0 fully saturated rings. The van der Waals surface area contributed by atoms with Gasteiger partial charge < -0.3 is 9.47 Å². The van der Waals surface area contributed by atoms with Gasteiger partial charge in [0.25, 0.3) is 5.88 Å². The van der Waals surface area contributed by atoms with Crippen LogP contribution >= 0.6 is 11.6 Å². The molecule has 2 heterocycles. The van der Waals surface area contributed by atoms with Gasteiger partial charge in [0.05, 0.1) is 31.8 Å². The second-order valence-corrected chi connectivity index (χ2v) is 8.68. The van der Waals surface area contributed by atoms with E-state index in [0.717, 1.165) is 10.1 Å². The molecule has 0 aliphatic heterocycles. The van der Waals surface area contributed by atoms with Crippen molar-refractivity contribution in [2.75, 3.05) is 7.11 Å².